The normalized spacial score (nSPS) is 16.7. The molecule has 1 aliphatic heterocycles. The molecule has 1 saturated heterocycles. The third kappa shape index (κ3) is 2.97. The Balaban J connectivity index is 1.74. The molecule has 0 bridgehead atoms. The summed E-state index contributed by atoms with van der Waals surface area (Å²) in [7, 11) is 3.22. The highest BCUT2D eigenvalue weighted by Gasteiger charge is 2.32. The van der Waals surface area contributed by atoms with Crippen LogP contribution in [0.15, 0.2) is 53.3 Å². The summed E-state index contributed by atoms with van der Waals surface area (Å²) in [5, 5.41) is 5.41. The van der Waals surface area contributed by atoms with Gasteiger partial charge in [-0.25, -0.2) is 4.68 Å². The van der Waals surface area contributed by atoms with Crippen LogP contribution in [0.5, 0.6) is 5.75 Å². The lowest BCUT2D eigenvalue weighted by Crippen LogP contribution is -2.33. The van der Waals surface area contributed by atoms with Gasteiger partial charge in [-0.3, -0.25) is 9.59 Å². The van der Waals surface area contributed by atoms with Crippen molar-refractivity contribution >= 4 is 16.7 Å². The van der Waals surface area contributed by atoms with Crippen molar-refractivity contribution in [3.8, 4) is 5.75 Å². The van der Waals surface area contributed by atoms with Gasteiger partial charge in [-0.05, 0) is 36.6 Å². The van der Waals surface area contributed by atoms with Crippen molar-refractivity contribution in [3.05, 3.63) is 70.1 Å². The summed E-state index contributed by atoms with van der Waals surface area (Å²) in [5.74, 6) is 0.653. The topological polar surface area (TPSA) is 64.4 Å². The van der Waals surface area contributed by atoms with Crippen LogP contribution in [0.25, 0.3) is 10.8 Å². The molecule has 0 aliphatic carbocycles. The van der Waals surface area contributed by atoms with Gasteiger partial charge in [-0.1, -0.05) is 30.3 Å². The number of methoxy groups -OCH3 is 1. The minimum absolute atomic E-state index is 0.00111. The summed E-state index contributed by atoms with van der Waals surface area (Å²) in [5.41, 5.74) is 1.21. The number of ether oxygens (including phenoxy) is 1. The number of nitrogens with zero attached hydrogens (tertiary/aromatic N) is 3. The molecule has 0 saturated carbocycles. The first-order chi connectivity index (χ1) is 13.1. The number of hydrogen-bond donors (Lipinski definition) is 0. The maximum absolute atomic E-state index is 13.4. The Labute approximate surface area is 157 Å². The van der Waals surface area contributed by atoms with E-state index in [1.54, 1.807) is 32.4 Å². The lowest BCUT2D eigenvalue weighted by Gasteiger charge is -2.25. The molecule has 27 heavy (non-hydrogen) atoms. The summed E-state index contributed by atoms with van der Waals surface area (Å²) in [4.78, 5) is 27.6. The van der Waals surface area contributed by atoms with Crippen LogP contribution >= 0.6 is 0 Å². The lowest BCUT2D eigenvalue weighted by molar-refractivity contribution is 0.0729. The Morgan fingerprint density at radius 2 is 1.81 bits per heavy atom. The molecular weight excluding hydrogens is 342 g/mol. The fourth-order valence-electron chi connectivity index (χ4n) is 3.78. The SMILES string of the molecule is COc1ccc(C2CCCN2C(=O)c2nn(C)c(=O)c3ccccc23)cc1. The van der Waals surface area contributed by atoms with E-state index in [-0.39, 0.29) is 17.5 Å². The number of likely N-dealkylation sites (tertiary alicyclic amines) is 1. The maximum Gasteiger partial charge on any atom is 0.275 e. The highest BCUT2D eigenvalue weighted by atomic mass is 16.5. The monoisotopic (exact) mass is 363 g/mol. The molecule has 4 rings (SSSR count). The van der Waals surface area contributed by atoms with E-state index in [9.17, 15) is 9.59 Å². The van der Waals surface area contributed by atoms with Gasteiger partial charge >= 0.3 is 0 Å². The minimum Gasteiger partial charge on any atom is -0.497 e. The predicted octanol–water partition coefficient (Wildman–Crippen LogP) is 2.92. The minimum atomic E-state index is -0.199. The number of benzene rings is 2. The van der Waals surface area contributed by atoms with Gasteiger partial charge in [0.25, 0.3) is 11.5 Å². The molecule has 1 amide bonds. The first-order valence-electron chi connectivity index (χ1n) is 9.01. The molecule has 0 spiro atoms. The number of hydrogen-bond acceptors (Lipinski definition) is 4. The summed E-state index contributed by atoms with van der Waals surface area (Å²) >= 11 is 0. The van der Waals surface area contributed by atoms with Crippen molar-refractivity contribution in [1.29, 1.82) is 0 Å². The van der Waals surface area contributed by atoms with E-state index < -0.39 is 0 Å². The zero-order valence-electron chi connectivity index (χ0n) is 15.4. The lowest BCUT2D eigenvalue weighted by atomic mass is 10.0. The maximum atomic E-state index is 13.4. The summed E-state index contributed by atoms with van der Waals surface area (Å²) in [6.45, 7) is 0.675. The standard InChI is InChI=1S/C21H21N3O3/c1-23-20(25)17-7-4-3-6-16(17)19(22-23)21(26)24-13-5-8-18(24)14-9-11-15(27-2)12-10-14/h3-4,6-7,9-12,18H,5,8,13H2,1-2H3. The highest BCUT2D eigenvalue weighted by Crippen LogP contribution is 2.34. The largest absolute Gasteiger partial charge is 0.497 e. The number of aromatic nitrogens is 2. The van der Waals surface area contributed by atoms with Gasteiger partial charge in [0.15, 0.2) is 5.69 Å². The Bertz CT molecular complexity index is 1060. The van der Waals surface area contributed by atoms with Crippen LogP contribution in [0.2, 0.25) is 0 Å². The first kappa shape index (κ1) is 17.3. The Morgan fingerprint density at radius 1 is 1.11 bits per heavy atom. The van der Waals surface area contributed by atoms with E-state index in [4.69, 9.17) is 4.74 Å². The van der Waals surface area contributed by atoms with Crippen LogP contribution in [-0.2, 0) is 7.05 Å². The number of rotatable bonds is 3. The Kier molecular flexibility index (Phi) is 4.39. The third-order valence-electron chi connectivity index (χ3n) is 5.17. The van der Waals surface area contributed by atoms with Crippen LogP contribution in [0.1, 0.15) is 34.9 Å². The zero-order chi connectivity index (χ0) is 19.0. The van der Waals surface area contributed by atoms with Gasteiger partial charge in [0.1, 0.15) is 5.75 Å². The van der Waals surface area contributed by atoms with E-state index in [2.05, 4.69) is 5.10 Å². The average Bonchev–Trinajstić information content (AvgIpc) is 3.20. The number of carbonyl (C=O) groups is 1. The summed E-state index contributed by atoms with van der Waals surface area (Å²) < 4.78 is 6.47. The van der Waals surface area contributed by atoms with Crippen LogP contribution in [0.3, 0.4) is 0 Å². The van der Waals surface area contributed by atoms with E-state index in [0.29, 0.717) is 23.0 Å². The van der Waals surface area contributed by atoms with Gasteiger partial charge in [-0.15, -0.1) is 0 Å². The molecule has 1 fully saturated rings. The van der Waals surface area contributed by atoms with Crippen molar-refractivity contribution in [1.82, 2.24) is 14.7 Å². The smallest absolute Gasteiger partial charge is 0.275 e. The third-order valence-corrected chi connectivity index (χ3v) is 5.17. The fraction of sp³-hybridized carbons (Fsp3) is 0.286. The van der Waals surface area contributed by atoms with Crippen molar-refractivity contribution in [2.75, 3.05) is 13.7 Å². The van der Waals surface area contributed by atoms with Gasteiger partial charge in [0, 0.05) is 19.0 Å². The second-order valence-corrected chi connectivity index (χ2v) is 6.75. The number of fused-ring (bicyclic) bond motifs is 1. The number of amides is 1. The van der Waals surface area contributed by atoms with Crippen LogP contribution in [0.4, 0.5) is 0 Å². The molecule has 6 nitrogen and oxygen atoms in total. The van der Waals surface area contributed by atoms with Crippen molar-refractivity contribution in [2.45, 2.75) is 18.9 Å². The van der Waals surface area contributed by atoms with Gasteiger partial charge in [0.05, 0.1) is 18.5 Å². The quantitative estimate of drug-likeness (QED) is 0.718. The summed E-state index contributed by atoms with van der Waals surface area (Å²) in [6.07, 6.45) is 1.84. The molecule has 1 aromatic heterocycles. The Hall–Kier alpha value is -3.15. The molecule has 138 valence electrons. The van der Waals surface area contributed by atoms with Crippen molar-refractivity contribution in [2.24, 2.45) is 7.05 Å². The van der Waals surface area contributed by atoms with Crippen molar-refractivity contribution in [3.63, 3.8) is 0 Å². The molecule has 2 heterocycles. The van der Waals surface area contributed by atoms with E-state index in [1.165, 1.54) is 4.68 Å². The second-order valence-electron chi connectivity index (χ2n) is 6.75. The van der Waals surface area contributed by atoms with Gasteiger partial charge < -0.3 is 9.64 Å². The molecule has 0 N–H and O–H groups in total. The van der Waals surface area contributed by atoms with Gasteiger partial charge in [0.2, 0.25) is 0 Å². The molecule has 1 unspecified atom stereocenters. The second kappa shape index (κ2) is 6.87. The molecule has 1 aliphatic rings. The molecule has 2 aromatic carbocycles. The summed E-state index contributed by atoms with van der Waals surface area (Å²) in [6, 6.07) is 15.0. The van der Waals surface area contributed by atoms with Crippen molar-refractivity contribution < 1.29 is 9.53 Å². The molecular formula is C21H21N3O3. The molecule has 0 radical (unpaired) electrons. The van der Waals surface area contributed by atoms with Crippen LogP contribution in [0, 0.1) is 0 Å². The van der Waals surface area contributed by atoms with Crippen LogP contribution in [-0.4, -0.2) is 34.2 Å². The van der Waals surface area contributed by atoms with E-state index >= 15 is 0 Å². The number of carbonyl (C=O) groups excluding carboxylic acids is 1. The first-order valence-corrected chi connectivity index (χ1v) is 9.01. The molecule has 1 atom stereocenters. The fourth-order valence-corrected chi connectivity index (χ4v) is 3.78. The Morgan fingerprint density at radius 3 is 2.52 bits per heavy atom. The molecule has 6 heteroatoms. The number of aryl methyl sites for hydroxylation is 1. The van der Waals surface area contributed by atoms with Crippen LogP contribution < -0.4 is 10.3 Å². The average molecular weight is 363 g/mol. The van der Waals surface area contributed by atoms with E-state index in [1.807, 2.05) is 35.2 Å². The zero-order valence-corrected chi connectivity index (χ0v) is 15.4. The highest BCUT2D eigenvalue weighted by molar-refractivity contribution is 6.05. The molecule has 3 aromatic rings. The predicted molar refractivity (Wildman–Crippen MR) is 103 cm³/mol. The van der Waals surface area contributed by atoms with Gasteiger partial charge in [-0.2, -0.15) is 5.10 Å². The van der Waals surface area contributed by atoms with E-state index in [0.717, 1.165) is 24.2 Å².